The van der Waals surface area contributed by atoms with Gasteiger partial charge in [0.15, 0.2) is 5.89 Å². The van der Waals surface area contributed by atoms with Crippen molar-refractivity contribution in [2.45, 2.75) is 70.6 Å². The van der Waals surface area contributed by atoms with Gasteiger partial charge < -0.3 is 4.42 Å². The molecule has 116 valence electrons. The van der Waals surface area contributed by atoms with Gasteiger partial charge in [0.2, 0.25) is 0 Å². The minimum atomic E-state index is 0.273. The van der Waals surface area contributed by atoms with Crippen LogP contribution in [0.5, 0.6) is 0 Å². The third-order valence-electron chi connectivity index (χ3n) is 6.23. The van der Waals surface area contributed by atoms with Gasteiger partial charge in [-0.1, -0.05) is 13.8 Å². The van der Waals surface area contributed by atoms with Crippen LogP contribution >= 0.6 is 11.6 Å². The lowest BCUT2D eigenvalue weighted by atomic mass is 9.40. The molecular weight excluding hydrogens is 282 g/mol. The Morgan fingerprint density at radius 2 is 1.90 bits per heavy atom. The highest BCUT2D eigenvalue weighted by atomic mass is 35.5. The van der Waals surface area contributed by atoms with Crippen molar-refractivity contribution in [3.63, 3.8) is 0 Å². The van der Waals surface area contributed by atoms with Crippen LogP contribution in [-0.4, -0.2) is 10.9 Å². The lowest BCUT2D eigenvalue weighted by Crippen LogP contribution is -2.56. The molecule has 1 aromatic rings. The Morgan fingerprint density at radius 1 is 1.19 bits per heavy atom. The largest absolute Gasteiger partial charge is 0.445 e. The third kappa shape index (κ3) is 2.25. The van der Waals surface area contributed by atoms with Crippen molar-refractivity contribution in [1.29, 1.82) is 0 Å². The van der Waals surface area contributed by atoms with Gasteiger partial charge in [-0.2, -0.15) is 0 Å². The Bertz CT molecular complexity index is 533. The molecule has 21 heavy (non-hydrogen) atoms. The van der Waals surface area contributed by atoms with E-state index in [9.17, 15) is 0 Å². The van der Waals surface area contributed by atoms with Crippen LogP contribution in [0.3, 0.4) is 0 Å². The van der Waals surface area contributed by atoms with Crippen LogP contribution in [-0.2, 0) is 11.8 Å². The van der Waals surface area contributed by atoms with E-state index in [2.05, 4.69) is 18.8 Å². The zero-order chi connectivity index (χ0) is 14.7. The van der Waals surface area contributed by atoms with Crippen molar-refractivity contribution in [2.75, 3.05) is 5.88 Å². The minimum Gasteiger partial charge on any atom is -0.445 e. The van der Waals surface area contributed by atoms with Crippen LogP contribution in [0.25, 0.3) is 0 Å². The maximum atomic E-state index is 6.19. The Kier molecular flexibility index (Phi) is 3.03. The first-order valence-corrected chi connectivity index (χ1v) is 8.99. The number of halogens is 1. The summed E-state index contributed by atoms with van der Waals surface area (Å²) in [7, 11) is 0. The second-order valence-electron chi connectivity index (χ2n) is 8.82. The molecule has 2 atom stereocenters. The SMILES string of the molecule is CC12CC3CC(C)(C1)CC(c1cnc(CCCCl)o1)(C3)C2. The molecule has 4 bridgehead atoms. The Labute approximate surface area is 132 Å². The average molecular weight is 308 g/mol. The summed E-state index contributed by atoms with van der Waals surface area (Å²) < 4.78 is 6.19. The molecule has 4 fully saturated rings. The topological polar surface area (TPSA) is 26.0 Å². The number of oxazole rings is 1. The number of aromatic nitrogens is 1. The fraction of sp³-hybridized carbons (Fsp3) is 0.833. The fourth-order valence-corrected chi connectivity index (χ4v) is 6.75. The highest BCUT2D eigenvalue weighted by Crippen LogP contribution is 2.69. The highest BCUT2D eigenvalue weighted by Gasteiger charge is 2.61. The number of alkyl halides is 1. The zero-order valence-electron chi connectivity index (χ0n) is 13.3. The molecule has 4 saturated carbocycles. The Morgan fingerprint density at radius 3 is 2.52 bits per heavy atom. The molecule has 0 amide bonds. The normalized spacial score (nSPS) is 44.4. The van der Waals surface area contributed by atoms with Crippen molar-refractivity contribution in [2.24, 2.45) is 16.7 Å². The standard InChI is InChI=1S/C18H26ClNO/c1-16-6-13-7-17(2,10-16)12-18(8-13,11-16)14-9-20-15(21-14)4-3-5-19/h9,13H,3-8,10-12H2,1-2H3. The molecule has 0 spiro atoms. The summed E-state index contributed by atoms with van der Waals surface area (Å²) in [4.78, 5) is 4.53. The molecule has 2 nitrogen and oxygen atoms in total. The van der Waals surface area contributed by atoms with Gasteiger partial charge in [-0.05, 0) is 61.7 Å². The van der Waals surface area contributed by atoms with Crippen LogP contribution in [0, 0.1) is 16.7 Å². The highest BCUT2D eigenvalue weighted by molar-refractivity contribution is 6.17. The molecule has 0 aliphatic heterocycles. The molecule has 4 aliphatic carbocycles. The zero-order valence-corrected chi connectivity index (χ0v) is 14.0. The number of rotatable bonds is 4. The van der Waals surface area contributed by atoms with Crippen LogP contribution in [0.4, 0.5) is 0 Å². The maximum Gasteiger partial charge on any atom is 0.194 e. The van der Waals surface area contributed by atoms with Gasteiger partial charge in [0.25, 0.3) is 0 Å². The first kappa shape index (κ1) is 14.1. The van der Waals surface area contributed by atoms with Crippen LogP contribution in [0.15, 0.2) is 10.6 Å². The van der Waals surface area contributed by atoms with E-state index in [1.165, 1.54) is 44.3 Å². The monoisotopic (exact) mass is 307 g/mol. The maximum absolute atomic E-state index is 6.19. The minimum absolute atomic E-state index is 0.273. The van der Waals surface area contributed by atoms with E-state index in [0.29, 0.717) is 16.7 Å². The predicted octanol–water partition coefficient (Wildman–Crippen LogP) is 5.09. The fourth-order valence-electron chi connectivity index (χ4n) is 6.61. The molecular formula is C18H26ClNO. The Balaban J connectivity index is 1.66. The van der Waals surface area contributed by atoms with Crippen molar-refractivity contribution in [3.05, 3.63) is 17.8 Å². The summed E-state index contributed by atoms with van der Waals surface area (Å²) in [6, 6.07) is 0. The van der Waals surface area contributed by atoms with Gasteiger partial charge in [-0.25, -0.2) is 4.98 Å². The van der Waals surface area contributed by atoms with E-state index in [-0.39, 0.29) is 5.41 Å². The van der Waals surface area contributed by atoms with Gasteiger partial charge in [0.1, 0.15) is 5.76 Å². The molecule has 4 aliphatic rings. The van der Waals surface area contributed by atoms with Crippen molar-refractivity contribution < 1.29 is 4.42 Å². The van der Waals surface area contributed by atoms with Crippen LogP contribution < -0.4 is 0 Å². The van der Waals surface area contributed by atoms with E-state index in [1.807, 2.05) is 6.20 Å². The molecule has 0 saturated heterocycles. The number of aryl methyl sites for hydroxylation is 1. The molecule has 2 unspecified atom stereocenters. The second kappa shape index (κ2) is 4.50. The van der Waals surface area contributed by atoms with E-state index in [4.69, 9.17) is 16.0 Å². The molecule has 0 radical (unpaired) electrons. The summed E-state index contributed by atoms with van der Waals surface area (Å²) in [6.07, 6.45) is 12.0. The van der Waals surface area contributed by atoms with Crippen molar-refractivity contribution >= 4 is 11.6 Å². The number of hydrogen-bond acceptors (Lipinski definition) is 2. The van der Waals surface area contributed by atoms with Gasteiger partial charge >= 0.3 is 0 Å². The smallest absolute Gasteiger partial charge is 0.194 e. The summed E-state index contributed by atoms with van der Waals surface area (Å²) >= 11 is 5.78. The molecule has 1 aromatic heterocycles. The lowest BCUT2D eigenvalue weighted by molar-refractivity contribution is -0.116. The van der Waals surface area contributed by atoms with Gasteiger partial charge in [-0.3, -0.25) is 0 Å². The summed E-state index contributed by atoms with van der Waals surface area (Å²) in [6.45, 7) is 5.02. The van der Waals surface area contributed by atoms with E-state index in [0.717, 1.165) is 24.7 Å². The summed E-state index contributed by atoms with van der Waals surface area (Å²) in [5.41, 5.74) is 1.32. The molecule has 3 heteroatoms. The third-order valence-corrected chi connectivity index (χ3v) is 6.49. The second-order valence-corrected chi connectivity index (χ2v) is 9.20. The molecule has 0 N–H and O–H groups in total. The first-order chi connectivity index (χ1) is 9.94. The van der Waals surface area contributed by atoms with E-state index in [1.54, 1.807) is 0 Å². The van der Waals surface area contributed by atoms with Crippen LogP contribution in [0.2, 0.25) is 0 Å². The molecule has 1 heterocycles. The molecule has 5 rings (SSSR count). The van der Waals surface area contributed by atoms with E-state index >= 15 is 0 Å². The summed E-state index contributed by atoms with van der Waals surface area (Å²) in [5, 5.41) is 0. The Hall–Kier alpha value is -0.500. The van der Waals surface area contributed by atoms with Gasteiger partial charge in [-0.15, -0.1) is 11.6 Å². The predicted molar refractivity (Wildman–Crippen MR) is 84.6 cm³/mol. The summed E-state index contributed by atoms with van der Waals surface area (Å²) in [5.74, 6) is 3.64. The first-order valence-electron chi connectivity index (χ1n) is 8.46. The molecule has 0 aromatic carbocycles. The quantitative estimate of drug-likeness (QED) is 0.724. The van der Waals surface area contributed by atoms with E-state index < -0.39 is 0 Å². The van der Waals surface area contributed by atoms with Crippen LogP contribution in [0.1, 0.15) is 70.4 Å². The van der Waals surface area contributed by atoms with Crippen molar-refractivity contribution in [1.82, 2.24) is 4.98 Å². The number of nitrogens with zero attached hydrogens (tertiary/aromatic N) is 1. The lowest BCUT2D eigenvalue weighted by Gasteiger charge is -2.64. The van der Waals surface area contributed by atoms with Gasteiger partial charge in [0.05, 0.1) is 6.20 Å². The average Bonchev–Trinajstić information content (AvgIpc) is 2.81. The van der Waals surface area contributed by atoms with Crippen molar-refractivity contribution in [3.8, 4) is 0 Å². The number of hydrogen-bond donors (Lipinski definition) is 0. The van der Waals surface area contributed by atoms with Gasteiger partial charge in [0, 0.05) is 17.7 Å².